The Labute approximate surface area is 86.7 Å². The molecule has 1 fully saturated rings. The summed E-state index contributed by atoms with van der Waals surface area (Å²) in [6.45, 7) is 0. The summed E-state index contributed by atoms with van der Waals surface area (Å²) in [5.74, 6) is 0.576. The third kappa shape index (κ3) is 2.09. The van der Waals surface area contributed by atoms with E-state index < -0.39 is 0 Å². The van der Waals surface area contributed by atoms with Crippen molar-refractivity contribution in [2.24, 2.45) is 5.73 Å². The molecule has 13 heavy (non-hydrogen) atoms. The Hall–Kier alpha value is -0.410. The second-order valence-corrected chi connectivity index (χ2v) is 4.58. The Morgan fingerprint density at radius 2 is 2.31 bits per heavy atom. The summed E-state index contributed by atoms with van der Waals surface area (Å²) < 4.78 is 1.11. The van der Waals surface area contributed by atoms with Crippen LogP contribution in [0.25, 0.3) is 0 Å². The number of hydrogen-bond acceptors (Lipinski definition) is 2. The van der Waals surface area contributed by atoms with Gasteiger partial charge in [0, 0.05) is 28.3 Å². The monoisotopic (exact) mass is 240 g/mol. The molecule has 0 spiro atoms. The predicted octanol–water partition coefficient (Wildman–Crippen LogP) is 2.44. The van der Waals surface area contributed by atoms with Gasteiger partial charge in [0.25, 0.3) is 0 Å². The third-order valence-electron chi connectivity index (χ3n) is 2.63. The van der Waals surface area contributed by atoms with Gasteiger partial charge in [-0.15, -0.1) is 0 Å². The van der Waals surface area contributed by atoms with Gasteiger partial charge in [0.15, 0.2) is 0 Å². The van der Waals surface area contributed by atoms with E-state index in [0.29, 0.717) is 12.0 Å². The summed E-state index contributed by atoms with van der Waals surface area (Å²) in [6, 6.07) is 4.44. The molecule has 70 valence electrons. The Morgan fingerprint density at radius 3 is 2.92 bits per heavy atom. The SMILES string of the molecule is NC1CCC(c2cc(Br)ccn2)C1. The molecule has 0 aromatic carbocycles. The van der Waals surface area contributed by atoms with Crippen LogP contribution in [0, 0.1) is 0 Å². The second kappa shape index (κ2) is 3.76. The number of nitrogens with two attached hydrogens (primary N) is 1. The molecule has 1 heterocycles. The molecule has 0 bridgehead atoms. The molecule has 2 nitrogen and oxygen atoms in total. The summed E-state index contributed by atoms with van der Waals surface area (Å²) >= 11 is 3.45. The van der Waals surface area contributed by atoms with E-state index in [4.69, 9.17) is 5.73 Å². The number of pyridine rings is 1. The van der Waals surface area contributed by atoms with Gasteiger partial charge in [-0.3, -0.25) is 4.98 Å². The molecule has 2 unspecified atom stereocenters. The van der Waals surface area contributed by atoms with E-state index in [2.05, 4.69) is 27.0 Å². The van der Waals surface area contributed by atoms with Crippen LogP contribution < -0.4 is 5.73 Å². The van der Waals surface area contributed by atoms with Crippen molar-refractivity contribution in [3.05, 3.63) is 28.5 Å². The first-order chi connectivity index (χ1) is 6.25. The maximum Gasteiger partial charge on any atom is 0.0446 e. The van der Waals surface area contributed by atoms with Crippen molar-refractivity contribution in [1.82, 2.24) is 4.98 Å². The smallest absolute Gasteiger partial charge is 0.0446 e. The van der Waals surface area contributed by atoms with Gasteiger partial charge in [-0.05, 0) is 31.4 Å². The van der Waals surface area contributed by atoms with Gasteiger partial charge in [0.2, 0.25) is 0 Å². The quantitative estimate of drug-likeness (QED) is 0.820. The van der Waals surface area contributed by atoms with Crippen LogP contribution in [-0.4, -0.2) is 11.0 Å². The molecule has 0 aliphatic heterocycles. The lowest BCUT2D eigenvalue weighted by atomic mass is 10.0. The highest BCUT2D eigenvalue weighted by Gasteiger charge is 2.23. The van der Waals surface area contributed by atoms with Crippen LogP contribution in [0.4, 0.5) is 0 Å². The number of hydrogen-bond donors (Lipinski definition) is 1. The topological polar surface area (TPSA) is 38.9 Å². The van der Waals surface area contributed by atoms with E-state index in [1.807, 2.05) is 12.3 Å². The zero-order valence-electron chi connectivity index (χ0n) is 7.41. The lowest BCUT2D eigenvalue weighted by Gasteiger charge is -2.08. The Balaban J connectivity index is 2.16. The fraction of sp³-hybridized carbons (Fsp3) is 0.500. The zero-order valence-corrected chi connectivity index (χ0v) is 9.00. The molecule has 0 radical (unpaired) electrons. The van der Waals surface area contributed by atoms with E-state index in [0.717, 1.165) is 17.3 Å². The largest absolute Gasteiger partial charge is 0.328 e. The molecule has 0 amide bonds. The zero-order chi connectivity index (χ0) is 9.26. The lowest BCUT2D eigenvalue weighted by Crippen LogP contribution is -2.14. The number of halogens is 1. The molecule has 1 saturated carbocycles. The van der Waals surface area contributed by atoms with Crippen LogP contribution in [0.3, 0.4) is 0 Å². The molecule has 3 heteroatoms. The maximum absolute atomic E-state index is 5.86. The Morgan fingerprint density at radius 1 is 1.46 bits per heavy atom. The second-order valence-electron chi connectivity index (χ2n) is 3.67. The van der Waals surface area contributed by atoms with Gasteiger partial charge in [-0.25, -0.2) is 0 Å². The molecular formula is C10H13BrN2. The molecule has 1 aliphatic carbocycles. The van der Waals surface area contributed by atoms with E-state index in [9.17, 15) is 0 Å². The minimum Gasteiger partial charge on any atom is -0.328 e. The van der Waals surface area contributed by atoms with Crippen LogP contribution >= 0.6 is 15.9 Å². The van der Waals surface area contributed by atoms with Crippen molar-refractivity contribution < 1.29 is 0 Å². The number of rotatable bonds is 1. The highest BCUT2D eigenvalue weighted by atomic mass is 79.9. The first kappa shape index (κ1) is 9.16. The van der Waals surface area contributed by atoms with Crippen LogP contribution in [0.1, 0.15) is 30.9 Å². The van der Waals surface area contributed by atoms with Gasteiger partial charge in [-0.1, -0.05) is 15.9 Å². The summed E-state index contributed by atoms with van der Waals surface area (Å²) in [4.78, 5) is 4.37. The molecule has 2 rings (SSSR count). The average molecular weight is 241 g/mol. The van der Waals surface area contributed by atoms with Crippen LogP contribution in [-0.2, 0) is 0 Å². The predicted molar refractivity (Wildman–Crippen MR) is 56.5 cm³/mol. The fourth-order valence-electron chi connectivity index (χ4n) is 1.93. The lowest BCUT2D eigenvalue weighted by molar-refractivity contribution is 0.661. The van der Waals surface area contributed by atoms with Crippen molar-refractivity contribution in [3.8, 4) is 0 Å². The highest BCUT2D eigenvalue weighted by molar-refractivity contribution is 9.10. The van der Waals surface area contributed by atoms with Gasteiger partial charge < -0.3 is 5.73 Å². The normalized spacial score (nSPS) is 27.8. The molecule has 2 atom stereocenters. The molecule has 1 aromatic rings. The van der Waals surface area contributed by atoms with Crippen molar-refractivity contribution in [2.45, 2.75) is 31.2 Å². The van der Waals surface area contributed by atoms with Gasteiger partial charge in [0.05, 0.1) is 0 Å². The Kier molecular flexibility index (Phi) is 2.65. The van der Waals surface area contributed by atoms with Crippen molar-refractivity contribution in [3.63, 3.8) is 0 Å². The third-order valence-corrected chi connectivity index (χ3v) is 3.13. The minimum absolute atomic E-state index is 0.380. The van der Waals surface area contributed by atoms with Crippen LogP contribution in [0.2, 0.25) is 0 Å². The molecule has 1 aliphatic rings. The minimum atomic E-state index is 0.380. The molecule has 0 saturated heterocycles. The first-order valence-electron chi connectivity index (χ1n) is 4.63. The van der Waals surface area contributed by atoms with E-state index >= 15 is 0 Å². The number of aromatic nitrogens is 1. The van der Waals surface area contributed by atoms with Crippen LogP contribution in [0.15, 0.2) is 22.8 Å². The maximum atomic E-state index is 5.86. The van der Waals surface area contributed by atoms with Crippen LogP contribution in [0.5, 0.6) is 0 Å². The van der Waals surface area contributed by atoms with E-state index in [-0.39, 0.29) is 0 Å². The standard InChI is InChI=1S/C10H13BrN2/c11-8-3-4-13-10(6-8)7-1-2-9(12)5-7/h3-4,6-7,9H,1-2,5,12H2. The van der Waals surface area contributed by atoms with Gasteiger partial charge in [0.1, 0.15) is 0 Å². The summed E-state index contributed by atoms with van der Waals surface area (Å²) in [5.41, 5.74) is 7.04. The average Bonchev–Trinajstić information content (AvgIpc) is 2.52. The van der Waals surface area contributed by atoms with E-state index in [1.165, 1.54) is 12.1 Å². The van der Waals surface area contributed by atoms with Crippen molar-refractivity contribution >= 4 is 15.9 Å². The van der Waals surface area contributed by atoms with E-state index in [1.54, 1.807) is 0 Å². The van der Waals surface area contributed by atoms with Crippen molar-refractivity contribution in [1.29, 1.82) is 0 Å². The van der Waals surface area contributed by atoms with Gasteiger partial charge in [-0.2, -0.15) is 0 Å². The molecular weight excluding hydrogens is 228 g/mol. The molecule has 1 aromatic heterocycles. The van der Waals surface area contributed by atoms with Gasteiger partial charge >= 0.3 is 0 Å². The molecule has 2 N–H and O–H groups in total. The Bertz CT molecular complexity index is 301. The summed E-state index contributed by atoms with van der Waals surface area (Å²) in [5, 5.41) is 0. The first-order valence-corrected chi connectivity index (χ1v) is 5.42. The summed E-state index contributed by atoms with van der Waals surface area (Å²) in [6.07, 6.45) is 5.26. The fourth-order valence-corrected chi connectivity index (χ4v) is 2.28. The summed E-state index contributed by atoms with van der Waals surface area (Å²) in [7, 11) is 0. The number of nitrogens with zero attached hydrogens (tertiary/aromatic N) is 1. The highest BCUT2D eigenvalue weighted by Crippen LogP contribution is 2.33. The van der Waals surface area contributed by atoms with Crippen molar-refractivity contribution in [2.75, 3.05) is 0 Å².